The summed E-state index contributed by atoms with van der Waals surface area (Å²) in [5.41, 5.74) is 0.682. The van der Waals surface area contributed by atoms with Gasteiger partial charge in [-0.2, -0.15) is 0 Å². The average Bonchev–Trinajstić information content (AvgIpc) is 2.45. The van der Waals surface area contributed by atoms with Gasteiger partial charge in [0.15, 0.2) is 5.16 Å². The number of halogens is 3. The first-order chi connectivity index (χ1) is 10.0. The summed E-state index contributed by atoms with van der Waals surface area (Å²) in [6.07, 6.45) is 1.56. The van der Waals surface area contributed by atoms with Crippen molar-refractivity contribution < 1.29 is 4.79 Å². The third kappa shape index (κ3) is 4.32. The van der Waals surface area contributed by atoms with E-state index in [1.165, 1.54) is 11.8 Å². The Morgan fingerprint density at radius 2 is 2.19 bits per heavy atom. The van der Waals surface area contributed by atoms with E-state index in [0.717, 1.165) is 5.75 Å². The number of aromatic nitrogens is 2. The molecule has 0 aliphatic carbocycles. The Bertz CT molecular complexity index is 684. The Hall–Kier alpha value is -0.820. The summed E-state index contributed by atoms with van der Waals surface area (Å²) in [6.45, 7) is 1.99. The number of nitrogens with one attached hydrogen (secondary N) is 1. The van der Waals surface area contributed by atoms with Crippen LogP contribution in [-0.2, 0) is 0 Å². The van der Waals surface area contributed by atoms with Crippen LogP contribution < -0.4 is 5.32 Å². The number of nitrogens with zero attached hydrogens (tertiary/aromatic N) is 2. The molecule has 0 radical (unpaired) electrons. The van der Waals surface area contributed by atoms with E-state index in [2.05, 4.69) is 31.2 Å². The van der Waals surface area contributed by atoms with Gasteiger partial charge in [-0.05, 0) is 39.9 Å². The number of hydrogen-bond donors (Lipinski definition) is 1. The van der Waals surface area contributed by atoms with E-state index in [-0.39, 0.29) is 11.6 Å². The lowest BCUT2D eigenvalue weighted by atomic mass is 10.3. The SMILES string of the molecule is CCSc1ncc(Br)c(C(=O)Nc2cc(Cl)ccc2Cl)n1. The monoisotopic (exact) mass is 405 g/mol. The summed E-state index contributed by atoms with van der Waals surface area (Å²) in [5, 5.41) is 4.13. The van der Waals surface area contributed by atoms with Gasteiger partial charge in [-0.3, -0.25) is 4.79 Å². The minimum atomic E-state index is -0.383. The van der Waals surface area contributed by atoms with Crippen molar-refractivity contribution in [2.45, 2.75) is 12.1 Å². The number of anilines is 1. The summed E-state index contributed by atoms with van der Waals surface area (Å²) in [5.74, 6) is 0.439. The van der Waals surface area contributed by atoms with Crippen LogP contribution >= 0.6 is 50.9 Å². The number of carbonyl (C=O) groups is 1. The second-order valence-electron chi connectivity index (χ2n) is 3.86. The number of rotatable bonds is 4. The maximum absolute atomic E-state index is 12.3. The summed E-state index contributed by atoms with van der Waals surface area (Å²) >= 11 is 16.7. The fourth-order valence-electron chi connectivity index (χ4n) is 1.48. The van der Waals surface area contributed by atoms with Gasteiger partial charge < -0.3 is 5.32 Å². The predicted octanol–water partition coefficient (Wildman–Crippen LogP) is 4.91. The van der Waals surface area contributed by atoms with Crippen LogP contribution in [0.3, 0.4) is 0 Å². The number of thioether (sulfide) groups is 1. The molecule has 0 saturated carbocycles. The predicted molar refractivity (Wildman–Crippen MR) is 90.5 cm³/mol. The third-order valence-electron chi connectivity index (χ3n) is 2.39. The molecule has 21 heavy (non-hydrogen) atoms. The van der Waals surface area contributed by atoms with Crippen LogP contribution in [0.2, 0.25) is 10.0 Å². The molecule has 0 saturated heterocycles. The smallest absolute Gasteiger partial charge is 0.275 e. The zero-order valence-corrected chi connectivity index (χ0v) is 14.8. The highest BCUT2D eigenvalue weighted by Gasteiger charge is 2.15. The molecule has 1 amide bonds. The van der Waals surface area contributed by atoms with Crippen LogP contribution in [0.4, 0.5) is 5.69 Å². The highest BCUT2D eigenvalue weighted by Crippen LogP contribution is 2.27. The highest BCUT2D eigenvalue weighted by atomic mass is 79.9. The Morgan fingerprint density at radius 3 is 2.90 bits per heavy atom. The lowest BCUT2D eigenvalue weighted by molar-refractivity contribution is 0.102. The van der Waals surface area contributed by atoms with Crippen LogP contribution in [0.25, 0.3) is 0 Å². The maximum Gasteiger partial charge on any atom is 0.275 e. The van der Waals surface area contributed by atoms with E-state index in [0.29, 0.717) is 25.4 Å². The molecule has 0 unspecified atom stereocenters. The van der Waals surface area contributed by atoms with Crippen LogP contribution in [0.5, 0.6) is 0 Å². The zero-order chi connectivity index (χ0) is 15.4. The molecule has 8 heteroatoms. The van der Waals surface area contributed by atoms with Crippen molar-refractivity contribution in [3.05, 3.63) is 44.6 Å². The second kappa shape index (κ2) is 7.45. The van der Waals surface area contributed by atoms with Crippen molar-refractivity contribution in [1.29, 1.82) is 0 Å². The highest BCUT2D eigenvalue weighted by molar-refractivity contribution is 9.10. The fraction of sp³-hybridized carbons (Fsp3) is 0.154. The van der Waals surface area contributed by atoms with Crippen molar-refractivity contribution in [2.75, 3.05) is 11.1 Å². The standard InChI is InChI=1S/C13H10BrCl2N3OS/c1-2-21-13-17-6-8(14)11(19-13)12(20)18-10-5-7(15)3-4-9(10)16/h3-6H,2H2,1H3,(H,18,20). The molecule has 0 fully saturated rings. The van der Waals surface area contributed by atoms with Crippen LogP contribution in [0.1, 0.15) is 17.4 Å². The largest absolute Gasteiger partial charge is 0.319 e. The maximum atomic E-state index is 12.3. The molecule has 4 nitrogen and oxygen atoms in total. The first-order valence-electron chi connectivity index (χ1n) is 5.93. The molecular weight excluding hydrogens is 397 g/mol. The molecule has 1 aromatic heterocycles. The lowest BCUT2D eigenvalue weighted by Crippen LogP contribution is -2.15. The van der Waals surface area contributed by atoms with Crippen LogP contribution in [0.15, 0.2) is 34.0 Å². The van der Waals surface area contributed by atoms with Crippen molar-refractivity contribution in [2.24, 2.45) is 0 Å². The van der Waals surface area contributed by atoms with E-state index < -0.39 is 0 Å². The Kier molecular flexibility index (Phi) is 5.87. The molecule has 0 atom stereocenters. The molecule has 2 rings (SSSR count). The van der Waals surface area contributed by atoms with Gasteiger partial charge in [-0.25, -0.2) is 9.97 Å². The van der Waals surface area contributed by atoms with Gasteiger partial charge >= 0.3 is 0 Å². The summed E-state index contributed by atoms with van der Waals surface area (Å²) in [4.78, 5) is 20.7. The van der Waals surface area contributed by atoms with Gasteiger partial charge in [0.05, 0.1) is 15.2 Å². The Balaban J connectivity index is 2.27. The first kappa shape index (κ1) is 16.5. The second-order valence-corrected chi connectivity index (χ2v) is 6.79. The first-order valence-corrected chi connectivity index (χ1v) is 8.46. The molecule has 1 N–H and O–H groups in total. The van der Waals surface area contributed by atoms with Gasteiger partial charge in [0, 0.05) is 11.2 Å². The molecule has 0 spiro atoms. The summed E-state index contributed by atoms with van der Waals surface area (Å²) in [6, 6.07) is 4.85. The van der Waals surface area contributed by atoms with Gasteiger partial charge in [0.25, 0.3) is 5.91 Å². The summed E-state index contributed by atoms with van der Waals surface area (Å²) in [7, 11) is 0. The van der Waals surface area contributed by atoms with E-state index in [1.807, 2.05) is 6.92 Å². The zero-order valence-electron chi connectivity index (χ0n) is 10.9. The van der Waals surface area contributed by atoms with Crippen molar-refractivity contribution >= 4 is 62.5 Å². The number of carbonyl (C=O) groups excluding carboxylic acids is 1. The number of hydrogen-bond acceptors (Lipinski definition) is 4. The molecular formula is C13H10BrCl2N3OS. The molecule has 0 aliphatic rings. The van der Waals surface area contributed by atoms with Gasteiger partial charge in [-0.15, -0.1) is 0 Å². The normalized spacial score (nSPS) is 10.5. The van der Waals surface area contributed by atoms with Crippen LogP contribution in [-0.4, -0.2) is 21.6 Å². The number of amides is 1. The third-order valence-corrected chi connectivity index (χ3v) is 4.28. The van der Waals surface area contributed by atoms with E-state index in [9.17, 15) is 4.79 Å². The topological polar surface area (TPSA) is 54.9 Å². The van der Waals surface area contributed by atoms with E-state index >= 15 is 0 Å². The van der Waals surface area contributed by atoms with Crippen molar-refractivity contribution in [3.8, 4) is 0 Å². The van der Waals surface area contributed by atoms with E-state index in [4.69, 9.17) is 23.2 Å². The Morgan fingerprint density at radius 1 is 1.43 bits per heavy atom. The quantitative estimate of drug-likeness (QED) is 0.578. The molecule has 2 aromatic rings. The minimum Gasteiger partial charge on any atom is -0.319 e. The van der Waals surface area contributed by atoms with Crippen molar-refractivity contribution in [3.63, 3.8) is 0 Å². The van der Waals surface area contributed by atoms with Gasteiger partial charge in [-0.1, -0.05) is 41.9 Å². The summed E-state index contributed by atoms with van der Waals surface area (Å²) < 4.78 is 0.513. The molecule has 0 bridgehead atoms. The minimum absolute atomic E-state index is 0.247. The van der Waals surface area contributed by atoms with Gasteiger partial charge in [0.2, 0.25) is 0 Å². The van der Waals surface area contributed by atoms with Gasteiger partial charge in [0.1, 0.15) is 5.69 Å². The fourth-order valence-corrected chi connectivity index (χ4v) is 2.73. The van der Waals surface area contributed by atoms with E-state index in [1.54, 1.807) is 24.4 Å². The number of benzene rings is 1. The molecule has 1 heterocycles. The average molecular weight is 407 g/mol. The molecule has 1 aromatic carbocycles. The Labute approximate surface area is 144 Å². The van der Waals surface area contributed by atoms with Crippen molar-refractivity contribution in [1.82, 2.24) is 9.97 Å². The lowest BCUT2D eigenvalue weighted by Gasteiger charge is -2.09. The van der Waals surface area contributed by atoms with Crippen LogP contribution in [0, 0.1) is 0 Å². The molecule has 0 aliphatic heterocycles. The molecule has 110 valence electrons.